The van der Waals surface area contributed by atoms with Crippen LogP contribution in [0.15, 0.2) is 24.3 Å². The number of piperazine rings is 1. The summed E-state index contributed by atoms with van der Waals surface area (Å²) in [5.74, 6) is 0.0768. The molecule has 1 fully saturated rings. The lowest BCUT2D eigenvalue weighted by Crippen LogP contribution is -2.44. The molecule has 0 aliphatic carbocycles. The number of nitrogens with zero attached hydrogens (tertiary/aromatic N) is 2. The normalized spacial score (nSPS) is 17.9. The maximum atomic E-state index is 13.3. The van der Waals surface area contributed by atoms with Gasteiger partial charge in [0.1, 0.15) is 0 Å². The van der Waals surface area contributed by atoms with Gasteiger partial charge in [0.2, 0.25) is 0 Å². The Balaban J connectivity index is 1.63. The molecule has 1 aromatic rings. The fourth-order valence-electron chi connectivity index (χ4n) is 2.10. The third-order valence-corrected chi connectivity index (χ3v) is 3.31. The van der Waals surface area contributed by atoms with Gasteiger partial charge in [0.25, 0.3) is 0 Å². The first-order valence-electron chi connectivity index (χ1n) is 6.54. The van der Waals surface area contributed by atoms with Gasteiger partial charge in [-0.05, 0) is 25.6 Å². The largest absolute Gasteiger partial charge is 0.490 e. The van der Waals surface area contributed by atoms with Crippen LogP contribution in [0.1, 0.15) is 6.42 Å². The van der Waals surface area contributed by atoms with Gasteiger partial charge in [0.15, 0.2) is 11.6 Å². The smallest absolute Gasteiger partial charge is 0.165 e. The summed E-state index contributed by atoms with van der Waals surface area (Å²) in [7, 11) is 2.15. The molecule has 1 aliphatic rings. The van der Waals surface area contributed by atoms with Crippen molar-refractivity contribution in [3.63, 3.8) is 0 Å². The first-order valence-corrected chi connectivity index (χ1v) is 6.54. The number of hydrogen-bond acceptors (Lipinski definition) is 3. The Labute approximate surface area is 108 Å². The Bertz CT molecular complexity index is 365. The lowest BCUT2D eigenvalue weighted by atomic mass is 10.3. The van der Waals surface area contributed by atoms with Crippen molar-refractivity contribution in [2.45, 2.75) is 6.42 Å². The van der Waals surface area contributed by atoms with Gasteiger partial charge in [-0.3, -0.25) is 0 Å². The molecule has 0 atom stereocenters. The quantitative estimate of drug-likeness (QED) is 0.744. The molecule has 0 saturated carbocycles. The van der Waals surface area contributed by atoms with Gasteiger partial charge >= 0.3 is 0 Å². The average molecular weight is 252 g/mol. The zero-order chi connectivity index (χ0) is 12.8. The van der Waals surface area contributed by atoms with Crippen molar-refractivity contribution >= 4 is 0 Å². The molecule has 1 heterocycles. The van der Waals surface area contributed by atoms with Crippen molar-refractivity contribution in [2.24, 2.45) is 0 Å². The molecule has 0 radical (unpaired) electrons. The Morgan fingerprint density at radius 1 is 1.17 bits per heavy atom. The van der Waals surface area contributed by atoms with E-state index in [0.717, 1.165) is 39.1 Å². The molecule has 2 rings (SSSR count). The lowest BCUT2D eigenvalue weighted by Gasteiger charge is -2.32. The van der Waals surface area contributed by atoms with Crippen LogP contribution < -0.4 is 4.74 Å². The van der Waals surface area contributed by atoms with Crippen LogP contribution in [0.2, 0.25) is 0 Å². The van der Waals surface area contributed by atoms with E-state index in [2.05, 4.69) is 16.8 Å². The average Bonchev–Trinajstić information content (AvgIpc) is 2.39. The number of ether oxygens (including phenoxy) is 1. The highest BCUT2D eigenvalue weighted by atomic mass is 19.1. The van der Waals surface area contributed by atoms with Gasteiger partial charge in [-0.25, -0.2) is 4.39 Å². The number of halogens is 1. The molecule has 0 bridgehead atoms. The second-order valence-electron chi connectivity index (χ2n) is 4.78. The molecule has 0 N–H and O–H groups in total. The molecule has 0 spiro atoms. The lowest BCUT2D eigenvalue weighted by molar-refractivity contribution is 0.145. The van der Waals surface area contributed by atoms with E-state index in [1.807, 2.05) is 0 Å². The highest BCUT2D eigenvalue weighted by Crippen LogP contribution is 2.15. The van der Waals surface area contributed by atoms with Crippen molar-refractivity contribution in [2.75, 3.05) is 46.4 Å². The minimum absolute atomic E-state index is 0.280. The minimum atomic E-state index is -0.280. The highest BCUT2D eigenvalue weighted by Gasteiger charge is 2.12. The summed E-state index contributed by atoms with van der Waals surface area (Å²) in [4.78, 5) is 4.77. The Hall–Kier alpha value is -1.13. The van der Waals surface area contributed by atoms with Crippen molar-refractivity contribution < 1.29 is 9.13 Å². The van der Waals surface area contributed by atoms with Crippen molar-refractivity contribution in [1.29, 1.82) is 0 Å². The standard InChI is InChI=1S/C14H21FN2O/c1-16-8-10-17(11-9-16)7-4-12-18-14-6-3-2-5-13(14)15/h2-3,5-6H,4,7-12H2,1H3. The molecule has 0 amide bonds. The third kappa shape index (κ3) is 3.96. The number of rotatable bonds is 5. The monoisotopic (exact) mass is 252 g/mol. The summed E-state index contributed by atoms with van der Waals surface area (Å²) in [6.07, 6.45) is 0.943. The van der Waals surface area contributed by atoms with E-state index in [1.54, 1.807) is 18.2 Å². The van der Waals surface area contributed by atoms with E-state index in [9.17, 15) is 4.39 Å². The van der Waals surface area contributed by atoms with Crippen LogP contribution in [-0.4, -0.2) is 56.2 Å². The number of likely N-dealkylation sites (N-methyl/N-ethyl adjacent to an activating group) is 1. The summed E-state index contributed by atoms with van der Waals surface area (Å²) < 4.78 is 18.7. The minimum Gasteiger partial charge on any atom is -0.490 e. The predicted molar refractivity (Wildman–Crippen MR) is 70.4 cm³/mol. The number of para-hydroxylation sites is 1. The fraction of sp³-hybridized carbons (Fsp3) is 0.571. The van der Waals surface area contributed by atoms with Crippen LogP contribution in [0.3, 0.4) is 0 Å². The zero-order valence-electron chi connectivity index (χ0n) is 10.9. The maximum Gasteiger partial charge on any atom is 0.165 e. The van der Waals surface area contributed by atoms with Crippen LogP contribution in [0.4, 0.5) is 4.39 Å². The van der Waals surface area contributed by atoms with E-state index in [-0.39, 0.29) is 5.82 Å². The molecular weight excluding hydrogens is 231 g/mol. The first kappa shape index (κ1) is 13.3. The van der Waals surface area contributed by atoms with Gasteiger partial charge in [-0.1, -0.05) is 12.1 Å². The molecule has 0 unspecified atom stereocenters. The summed E-state index contributed by atoms with van der Waals surface area (Å²) >= 11 is 0. The molecule has 4 heteroatoms. The Morgan fingerprint density at radius 3 is 2.61 bits per heavy atom. The first-order chi connectivity index (χ1) is 8.75. The van der Waals surface area contributed by atoms with Crippen LogP contribution >= 0.6 is 0 Å². The molecule has 1 aliphatic heterocycles. The van der Waals surface area contributed by atoms with Crippen LogP contribution in [0.25, 0.3) is 0 Å². The summed E-state index contributed by atoms with van der Waals surface area (Å²) in [6, 6.07) is 6.56. The van der Waals surface area contributed by atoms with E-state index < -0.39 is 0 Å². The van der Waals surface area contributed by atoms with Crippen molar-refractivity contribution in [3.8, 4) is 5.75 Å². The van der Waals surface area contributed by atoms with E-state index in [1.165, 1.54) is 6.07 Å². The molecule has 3 nitrogen and oxygen atoms in total. The van der Waals surface area contributed by atoms with Crippen LogP contribution in [0, 0.1) is 5.82 Å². The van der Waals surface area contributed by atoms with Crippen molar-refractivity contribution in [3.05, 3.63) is 30.1 Å². The number of hydrogen-bond donors (Lipinski definition) is 0. The topological polar surface area (TPSA) is 15.7 Å². The van der Waals surface area contributed by atoms with Gasteiger partial charge in [0.05, 0.1) is 6.61 Å². The molecular formula is C14H21FN2O. The van der Waals surface area contributed by atoms with Gasteiger partial charge in [0, 0.05) is 32.7 Å². The van der Waals surface area contributed by atoms with E-state index >= 15 is 0 Å². The summed E-state index contributed by atoms with van der Waals surface area (Å²) in [5.41, 5.74) is 0. The molecule has 1 aromatic carbocycles. The molecule has 1 saturated heterocycles. The van der Waals surface area contributed by atoms with Gasteiger partial charge < -0.3 is 14.5 Å². The predicted octanol–water partition coefficient (Wildman–Crippen LogP) is 1.84. The molecule has 0 aromatic heterocycles. The third-order valence-electron chi connectivity index (χ3n) is 3.31. The summed E-state index contributed by atoms with van der Waals surface area (Å²) in [6.45, 7) is 6.12. The second kappa shape index (κ2) is 6.71. The Morgan fingerprint density at radius 2 is 1.89 bits per heavy atom. The van der Waals surface area contributed by atoms with Crippen LogP contribution in [-0.2, 0) is 0 Å². The van der Waals surface area contributed by atoms with Gasteiger partial charge in [-0.15, -0.1) is 0 Å². The van der Waals surface area contributed by atoms with Crippen LogP contribution in [0.5, 0.6) is 5.75 Å². The zero-order valence-corrected chi connectivity index (χ0v) is 10.9. The Kier molecular flexibility index (Phi) is 4.96. The van der Waals surface area contributed by atoms with E-state index in [0.29, 0.717) is 12.4 Å². The number of benzene rings is 1. The molecule has 18 heavy (non-hydrogen) atoms. The van der Waals surface area contributed by atoms with E-state index in [4.69, 9.17) is 4.74 Å². The molecule has 100 valence electrons. The van der Waals surface area contributed by atoms with Gasteiger partial charge in [-0.2, -0.15) is 0 Å². The SMILES string of the molecule is CN1CCN(CCCOc2ccccc2F)CC1. The second-order valence-corrected chi connectivity index (χ2v) is 4.78. The summed E-state index contributed by atoms with van der Waals surface area (Å²) in [5, 5.41) is 0. The van der Waals surface area contributed by atoms with Crippen molar-refractivity contribution in [1.82, 2.24) is 9.80 Å². The highest BCUT2D eigenvalue weighted by molar-refractivity contribution is 5.23. The fourth-order valence-corrected chi connectivity index (χ4v) is 2.10. The maximum absolute atomic E-state index is 13.3.